The van der Waals surface area contributed by atoms with E-state index in [-0.39, 0.29) is 11.7 Å². The molecule has 4 rings (SSSR count). The predicted octanol–water partition coefficient (Wildman–Crippen LogP) is 4.97. The van der Waals surface area contributed by atoms with Crippen LogP contribution in [0.4, 0.5) is 5.69 Å². The number of benzene rings is 2. The molecule has 2 amide bonds. The van der Waals surface area contributed by atoms with Crippen LogP contribution in [-0.4, -0.2) is 24.6 Å². The number of halogens is 1. The van der Waals surface area contributed by atoms with Crippen molar-refractivity contribution in [2.45, 2.75) is 26.2 Å². The van der Waals surface area contributed by atoms with Crippen LogP contribution in [0.1, 0.15) is 50.6 Å². The number of aryl methyl sites for hydroxylation is 1. The molecule has 32 heavy (non-hydrogen) atoms. The highest BCUT2D eigenvalue weighted by Crippen LogP contribution is 2.31. The molecule has 0 atom stereocenters. The smallest absolute Gasteiger partial charge is 0.291 e. The summed E-state index contributed by atoms with van der Waals surface area (Å²) in [7, 11) is 1.54. The van der Waals surface area contributed by atoms with Crippen molar-refractivity contribution in [3.63, 3.8) is 0 Å². The number of para-hydroxylation sites is 2. The third-order valence-corrected chi connectivity index (χ3v) is 5.63. The molecule has 0 unspecified atom stereocenters. The van der Waals surface area contributed by atoms with Crippen molar-refractivity contribution in [2.24, 2.45) is 5.10 Å². The normalized spacial score (nSPS) is 14.0. The minimum absolute atomic E-state index is 0.216. The second kappa shape index (κ2) is 9.28. The van der Waals surface area contributed by atoms with E-state index in [0.717, 1.165) is 12.0 Å². The first kappa shape index (κ1) is 21.6. The highest BCUT2D eigenvalue weighted by Gasteiger charge is 2.28. The number of carbonyl (C=O) groups is 2. The van der Waals surface area contributed by atoms with Gasteiger partial charge in [-0.05, 0) is 44.0 Å². The first-order chi connectivity index (χ1) is 15.5. The quantitative estimate of drug-likeness (QED) is 0.535. The number of nitrogens with zero attached hydrogens (tertiary/aromatic N) is 1. The first-order valence-corrected chi connectivity index (χ1v) is 10.6. The lowest BCUT2D eigenvalue weighted by Gasteiger charge is -2.13. The average Bonchev–Trinajstić information content (AvgIpc) is 3.15. The van der Waals surface area contributed by atoms with E-state index in [1.807, 2.05) is 19.1 Å². The van der Waals surface area contributed by atoms with Crippen LogP contribution in [-0.2, 0) is 6.42 Å². The number of hydrogen-bond acceptors (Lipinski definition) is 5. The molecular formula is C24H22ClN3O4. The van der Waals surface area contributed by atoms with Crippen LogP contribution in [0.15, 0.2) is 58.0 Å². The van der Waals surface area contributed by atoms with Gasteiger partial charge < -0.3 is 14.5 Å². The summed E-state index contributed by atoms with van der Waals surface area (Å²) < 4.78 is 11.2. The molecule has 1 aliphatic rings. The fraction of sp³-hybridized carbons (Fsp3) is 0.208. The third kappa shape index (κ3) is 4.24. The van der Waals surface area contributed by atoms with Gasteiger partial charge in [-0.2, -0.15) is 5.10 Å². The zero-order chi connectivity index (χ0) is 22.7. The fourth-order valence-electron chi connectivity index (χ4n) is 3.75. The number of hydrazone groups is 1. The maximum absolute atomic E-state index is 12.9. The van der Waals surface area contributed by atoms with Gasteiger partial charge in [0, 0.05) is 17.5 Å². The van der Waals surface area contributed by atoms with Crippen LogP contribution >= 0.6 is 11.6 Å². The Balaban J connectivity index is 1.59. The van der Waals surface area contributed by atoms with E-state index in [2.05, 4.69) is 15.8 Å². The van der Waals surface area contributed by atoms with Crippen LogP contribution < -0.4 is 15.5 Å². The summed E-state index contributed by atoms with van der Waals surface area (Å²) in [6.07, 6.45) is 2.15. The molecule has 8 heteroatoms. The standard InChI is InChI=1S/C24H22ClN3O4/c1-14-21-18(27-28-23(29)15-8-3-4-9-16(15)25)11-7-13-20(21)32-22(14)24(30)26-17-10-5-6-12-19(17)31-2/h3-6,8-10,12H,7,11,13H2,1-2H3,(H,26,30)(H,28,29)/b27-18+. The van der Waals surface area contributed by atoms with Gasteiger partial charge in [-0.3, -0.25) is 9.59 Å². The summed E-state index contributed by atoms with van der Waals surface area (Å²) in [5.41, 5.74) is 5.58. The minimum Gasteiger partial charge on any atom is -0.495 e. The number of anilines is 1. The Hall–Kier alpha value is -3.58. The molecule has 1 heterocycles. The molecule has 7 nitrogen and oxygen atoms in total. The average molecular weight is 452 g/mol. The van der Waals surface area contributed by atoms with Crippen molar-refractivity contribution in [1.82, 2.24) is 5.43 Å². The summed E-state index contributed by atoms with van der Waals surface area (Å²) in [4.78, 5) is 25.4. The molecule has 0 radical (unpaired) electrons. The number of methoxy groups -OCH3 is 1. The SMILES string of the molecule is COc1ccccc1NC(=O)c1oc2c(c1C)/C(=N/NC(=O)c1ccccc1Cl)CCC2. The van der Waals surface area contributed by atoms with Crippen molar-refractivity contribution in [2.75, 3.05) is 12.4 Å². The van der Waals surface area contributed by atoms with Gasteiger partial charge in [0.25, 0.3) is 11.8 Å². The molecule has 164 valence electrons. The van der Waals surface area contributed by atoms with Crippen LogP contribution in [0.25, 0.3) is 0 Å². The largest absolute Gasteiger partial charge is 0.495 e. The molecule has 0 saturated carbocycles. The summed E-state index contributed by atoms with van der Waals surface area (Å²) in [5, 5.41) is 7.52. The van der Waals surface area contributed by atoms with Gasteiger partial charge >= 0.3 is 0 Å². The Kier molecular flexibility index (Phi) is 6.28. The molecule has 0 saturated heterocycles. The molecular weight excluding hydrogens is 430 g/mol. The van der Waals surface area contributed by atoms with E-state index in [1.54, 1.807) is 43.5 Å². The number of carbonyl (C=O) groups excluding carboxylic acids is 2. The number of nitrogens with one attached hydrogen (secondary N) is 2. The lowest BCUT2D eigenvalue weighted by molar-refractivity contribution is 0.0953. The summed E-state index contributed by atoms with van der Waals surface area (Å²) >= 11 is 6.10. The minimum atomic E-state index is -0.398. The second-order valence-corrected chi connectivity index (χ2v) is 7.75. The van der Waals surface area contributed by atoms with E-state index in [4.69, 9.17) is 20.8 Å². The number of hydrogen-bond donors (Lipinski definition) is 2. The van der Waals surface area contributed by atoms with Gasteiger partial charge in [0.15, 0.2) is 5.76 Å². The van der Waals surface area contributed by atoms with Crippen LogP contribution in [0.3, 0.4) is 0 Å². The fourth-order valence-corrected chi connectivity index (χ4v) is 3.97. The van der Waals surface area contributed by atoms with Crippen molar-refractivity contribution in [3.8, 4) is 5.75 Å². The maximum Gasteiger partial charge on any atom is 0.291 e. The Morgan fingerprint density at radius 1 is 1.06 bits per heavy atom. The van der Waals surface area contributed by atoms with Crippen LogP contribution in [0.5, 0.6) is 5.75 Å². The molecule has 3 aromatic rings. The Morgan fingerprint density at radius 2 is 1.81 bits per heavy atom. The van der Waals surface area contributed by atoms with Gasteiger partial charge in [0.2, 0.25) is 0 Å². The molecule has 0 aliphatic heterocycles. The lowest BCUT2D eigenvalue weighted by atomic mass is 9.93. The van der Waals surface area contributed by atoms with Gasteiger partial charge in [-0.1, -0.05) is 35.9 Å². The Bertz CT molecular complexity index is 1220. The van der Waals surface area contributed by atoms with Gasteiger partial charge in [-0.15, -0.1) is 0 Å². The van der Waals surface area contributed by atoms with Gasteiger partial charge in [-0.25, -0.2) is 5.43 Å². The molecule has 0 spiro atoms. The third-order valence-electron chi connectivity index (χ3n) is 5.30. The maximum atomic E-state index is 12.9. The highest BCUT2D eigenvalue weighted by molar-refractivity contribution is 6.33. The van der Waals surface area contributed by atoms with Crippen LogP contribution in [0.2, 0.25) is 5.02 Å². The predicted molar refractivity (Wildman–Crippen MR) is 123 cm³/mol. The molecule has 0 bridgehead atoms. The zero-order valence-electron chi connectivity index (χ0n) is 17.7. The Morgan fingerprint density at radius 3 is 2.59 bits per heavy atom. The van der Waals surface area contributed by atoms with Crippen molar-refractivity contribution in [3.05, 3.63) is 81.8 Å². The lowest BCUT2D eigenvalue weighted by Crippen LogP contribution is -2.22. The summed E-state index contributed by atoms with van der Waals surface area (Å²) in [5.74, 6) is 0.684. The number of fused-ring (bicyclic) bond motifs is 1. The first-order valence-electron chi connectivity index (χ1n) is 10.2. The Labute approximate surface area is 190 Å². The van der Waals surface area contributed by atoms with E-state index >= 15 is 0 Å². The molecule has 2 N–H and O–H groups in total. The van der Waals surface area contributed by atoms with Gasteiger partial charge in [0.1, 0.15) is 11.5 Å². The van der Waals surface area contributed by atoms with Crippen molar-refractivity contribution in [1.29, 1.82) is 0 Å². The zero-order valence-corrected chi connectivity index (χ0v) is 18.5. The summed E-state index contributed by atoms with van der Waals surface area (Å²) in [6.45, 7) is 1.82. The van der Waals surface area contributed by atoms with E-state index in [1.165, 1.54) is 0 Å². The van der Waals surface area contributed by atoms with Crippen molar-refractivity contribution < 1.29 is 18.7 Å². The molecule has 1 aliphatic carbocycles. The topological polar surface area (TPSA) is 92.9 Å². The van der Waals surface area contributed by atoms with Gasteiger partial charge in [0.05, 0.1) is 29.1 Å². The van der Waals surface area contributed by atoms with E-state index in [9.17, 15) is 9.59 Å². The second-order valence-electron chi connectivity index (χ2n) is 7.34. The number of amides is 2. The number of ether oxygens (including phenoxy) is 1. The number of rotatable bonds is 5. The molecule has 0 fully saturated rings. The molecule has 1 aromatic heterocycles. The highest BCUT2D eigenvalue weighted by atomic mass is 35.5. The van der Waals surface area contributed by atoms with Crippen LogP contribution in [0, 0.1) is 6.92 Å². The van der Waals surface area contributed by atoms with Crippen molar-refractivity contribution >= 4 is 34.8 Å². The van der Waals surface area contributed by atoms with E-state index < -0.39 is 5.91 Å². The monoisotopic (exact) mass is 451 g/mol. The van der Waals surface area contributed by atoms with E-state index in [0.29, 0.717) is 51.9 Å². The summed E-state index contributed by atoms with van der Waals surface area (Å²) in [6, 6.07) is 13.9. The number of furan rings is 1. The molecule has 2 aromatic carbocycles.